The lowest BCUT2D eigenvalue weighted by molar-refractivity contribution is -0.115. The molecule has 30 heavy (non-hydrogen) atoms. The molecular weight excluding hydrogens is 397 g/mol. The number of piperidine rings is 1. The first-order valence-electron chi connectivity index (χ1n) is 9.94. The van der Waals surface area contributed by atoms with Crippen molar-refractivity contribution in [3.63, 3.8) is 0 Å². The van der Waals surface area contributed by atoms with E-state index < -0.39 is 5.41 Å². The van der Waals surface area contributed by atoms with Crippen molar-refractivity contribution in [3.05, 3.63) is 82.8 Å². The number of aryl methyl sites for hydroxylation is 1. The number of fused-ring (bicyclic) bond motifs is 1. The maximum atomic E-state index is 13.2. The summed E-state index contributed by atoms with van der Waals surface area (Å²) in [4.78, 5) is 13.5. The summed E-state index contributed by atoms with van der Waals surface area (Å²) in [7, 11) is 0. The molecule has 0 amide bonds. The highest BCUT2D eigenvalue weighted by molar-refractivity contribution is 7.97. The molecule has 0 aromatic heterocycles. The lowest BCUT2D eigenvalue weighted by Crippen LogP contribution is -2.44. The normalized spacial score (nSPS) is 21.6. The predicted molar refractivity (Wildman–Crippen MR) is 120 cm³/mol. The monoisotopic (exact) mass is 421 g/mol. The first-order valence-corrected chi connectivity index (χ1v) is 10.7. The Kier molecular flexibility index (Phi) is 5.88. The number of halogens is 1. The molecule has 0 spiro atoms. The average molecular weight is 422 g/mol. The maximum Gasteiger partial charge on any atom is 0.131 e. The molecule has 0 bridgehead atoms. The molecule has 6 heteroatoms. The highest BCUT2D eigenvalue weighted by Crippen LogP contribution is 2.45. The molecule has 154 valence electrons. The lowest BCUT2D eigenvalue weighted by Gasteiger charge is -2.43. The number of hydrogen-bond donors (Lipinski definition) is 2. The van der Waals surface area contributed by atoms with Gasteiger partial charge in [-0.1, -0.05) is 17.7 Å². The van der Waals surface area contributed by atoms with Gasteiger partial charge in [0.25, 0.3) is 0 Å². The first-order chi connectivity index (χ1) is 14.5. The molecule has 1 fully saturated rings. The number of hydrogen-bond acceptors (Lipinski definition) is 5. The van der Waals surface area contributed by atoms with Gasteiger partial charge in [0.05, 0.1) is 5.41 Å². The van der Waals surface area contributed by atoms with Crippen molar-refractivity contribution >= 4 is 30.1 Å². The summed E-state index contributed by atoms with van der Waals surface area (Å²) >= 11 is 1.68. The number of anilines is 1. The van der Waals surface area contributed by atoms with Gasteiger partial charge >= 0.3 is 0 Å². The second-order valence-electron chi connectivity index (χ2n) is 7.86. The molecule has 1 unspecified atom stereocenters. The summed E-state index contributed by atoms with van der Waals surface area (Å²) in [6.45, 7) is 3.54. The van der Waals surface area contributed by atoms with Gasteiger partial charge < -0.3 is 15.5 Å². The molecule has 1 saturated heterocycles. The fourth-order valence-electron chi connectivity index (χ4n) is 4.06. The average Bonchev–Trinajstić information content (AvgIpc) is 2.75. The minimum Gasteiger partial charge on any atom is -0.355 e. The van der Waals surface area contributed by atoms with Crippen molar-refractivity contribution in [1.82, 2.24) is 4.31 Å². The molecule has 2 aromatic rings. The van der Waals surface area contributed by atoms with Gasteiger partial charge in [-0.3, -0.25) is 0 Å². The number of nitrogens with one attached hydrogen (secondary N) is 2. The van der Waals surface area contributed by atoms with Crippen LogP contribution in [-0.2, 0) is 4.79 Å². The molecule has 1 heterocycles. The highest BCUT2D eigenvalue weighted by atomic mass is 32.2. The van der Waals surface area contributed by atoms with Crippen LogP contribution < -0.4 is 5.32 Å². The number of carbonyl (C=O) groups is 1. The van der Waals surface area contributed by atoms with Crippen LogP contribution in [0.5, 0.6) is 0 Å². The molecule has 0 saturated carbocycles. The number of carbonyl (C=O) groups excluding carboxylic acids is 1. The zero-order chi connectivity index (χ0) is 21.1. The van der Waals surface area contributed by atoms with Crippen LogP contribution in [0.4, 0.5) is 10.1 Å². The zero-order valence-electron chi connectivity index (χ0n) is 16.8. The van der Waals surface area contributed by atoms with Crippen molar-refractivity contribution in [2.24, 2.45) is 5.41 Å². The summed E-state index contributed by atoms with van der Waals surface area (Å²) in [5, 5.41) is 11.2. The van der Waals surface area contributed by atoms with Crippen LogP contribution in [0.3, 0.4) is 0 Å². The van der Waals surface area contributed by atoms with Crippen LogP contribution in [-0.4, -0.2) is 29.9 Å². The summed E-state index contributed by atoms with van der Waals surface area (Å²) < 4.78 is 15.5. The van der Waals surface area contributed by atoms with E-state index in [0.29, 0.717) is 13.0 Å². The van der Waals surface area contributed by atoms with E-state index in [0.717, 1.165) is 41.8 Å². The van der Waals surface area contributed by atoms with Crippen LogP contribution in [0.25, 0.3) is 0 Å². The smallest absolute Gasteiger partial charge is 0.131 e. The first kappa shape index (κ1) is 20.6. The maximum absolute atomic E-state index is 13.2. The van der Waals surface area contributed by atoms with Crippen molar-refractivity contribution in [3.8, 4) is 0 Å². The number of aldehydes is 1. The van der Waals surface area contributed by atoms with Crippen molar-refractivity contribution in [2.45, 2.75) is 24.7 Å². The van der Waals surface area contributed by atoms with Gasteiger partial charge in [-0.25, -0.2) is 8.70 Å². The Morgan fingerprint density at radius 2 is 2.03 bits per heavy atom. The second kappa shape index (κ2) is 8.58. The van der Waals surface area contributed by atoms with Gasteiger partial charge in [0, 0.05) is 35.6 Å². The fraction of sp³-hybridized carbons (Fsp3) is 0.250. The van der Waals surface area contributed by atoms with E-state index in [1.165, 1.54) is 28.8 Å². The minimum absolute atomic E-state index is 0.290. The summed E-state index contributed by atoms with van der Waals surface area (Å²) in [6.07, 6.45) is 5.66. The van der Waals surface area contributed by atoms with E-state index in [2.05, 4.69) is 34.7 Å². The third kappa shape index (κ3) is 4.25. The standard InChI is InChI=1S/C24H24FN3OS/c1-17-3-2-4-22(11-17)30-28-10-9-19-12-23(27-21-7-5-20(25)6-8-21)18(14-26)13-24(19,15-28)16-29/h2-8,11-12,14,16,26-27H,9-10,13,15H2,1H3. The van der Waals surface area contributed by atoms with Gasteiger partial charge in [0.15, 0.2) is 0 Å². The van der Waals surface area contributed by atoms with Crippen LogP contribution >= 0.6 is 11.9 Å². The second-order valence-corrected chi connectivity index (χ2v) is 9.03. The third-order valence-corrected chi connectivity index (χ3v) is 6.68. The molecule has 2 N–H and O–H groups in total. The van der Waals surface area contributed by atoms with Crippen molar-refractivity contribution in [1.29, 1.82) is 5.41 Å². The van der Waals surface area contributed by atoms with E-state index in [1.807, 2.05) is 12.1 Å². The number of rotatable bonds is 6. The predicted octanol–water partition coefficient (Wildman–Crippen LogP) is 5.38. The third-order valence-electron chi connectivity index (χ3n) is 5.65. The number of nitrogens with zero attached hydrogens (tertiary/aromatic N) is 1. The van der Waals surface area contributed by atoms with Crippen molar-refractivity contribution < 1.29 is 9.18 Å². The number of allylic oxidation sites excluding steroid dienone is 2. The van der Waals surface area contributed by atoms with E-state index in [1.54, 1.807) is 24.1 Å². The molecular formula is C24H24FN3OS. The summed E-state index contributed by atoms with van der Waals surface area (Å²) in [5.41, 5.74) is 4.03. The minimum atomic E-state index is -0.615. The van der Waals surface area contributed by atoms with Crippen molar-refractivity contribution in [2.75, 3.05) is 18.4 Å². The highest BCUT2D eigenvalue weighted by Gasteiger charge is 2.42. The van der Waals surface area contributed by atoms with E-state index in [-0.39, 0.29) is 5.82 Å². The van der Waals surface area contributed by atoms with E-state index >= 15 is 0 Å². The summed E-state index contributed by atoms with van der Waals surface area (Å²) in [5.74, 6) is -0.290. The van der Waals surface area contributed by atoms with Gasteiger partial charge in [-0.2, -0.15) is 0 Å². The Labute approximate surface area is 180 Å². The topological polar surface area (TPSA) is 56.2 Å². The zero-order valence-corrected chi connectivity index (χ0v) is 17.6. The molecule has 4 rings (SSSR count). The fourth-order valence-corrected chi connectivity index (χ4v) is 5.22. The molecule has 2 aromatic carbocycles. The van der Waals surface area contributed by atoms with Gasteiger partial charge in [-0.05, 0) is 85.3 Å². The Hall–Kier alpha value is -2.70. The van der Waals surface area contributed by atoms with Gasteiger partial charge in [0.1, 0.15) is 12.1 Å². The lowest BCUT2D eigenvalue weighted by atomic mass is 9.69. The molecule has 2 aliphatic rings. The molecule has 0 radical (unpaired) electrons. The Morgan fingerprint density at radius 3 is 2.73 bits per heavy atom. The number of benzene rings is 2. The largest absolute Gasteiger partial charge is 0.355 e. The Balaban J connectivity index is 1.56. The molecule has 4 nitrogen and oxygen atoms in total. The molecule has 1 atom stereocenters. The molecule has 1 aliphatic heterocycles. The van der Waals surface area contributed by atoms with Crippen LogP contribution in [0.1, 0.15) is 18.4 Å². The van der Waals surface area contributed by atoms with Gasteiger partial charge in [-0.15, -0.1) is 0 Å². The SMILES string of the molecule is Cc1cccc(SN2CCC3=CC(Nc4ccc(F)cc4)=C(C=N)CC3(C=O)C2)c1. The van der Waals surface area contributed by atoms with E-state index in [4.69, 9.17) is 5.41 Å². The Bertz CT molecular complexity index is 1030. The van der Waals surface area contributed by atoms with Gasteiger partial charge in [0.2, 0.25) is 0 Å². The summed E-state index contributed by atoms with van der Waals surface area (Å²) in [6, 6.07) is 14.5. The molecule has 1 aliphatic carbocycles. The Morgan fingerprint density at radius 1 is 1.23 bits per heavy atom. The van der Waals surface area contributed by atoms with Crippen LogP contribution in [0, 0.1) is 23.6 Å². The van der Waals surface area contributed by atoms with Crippen LogP contribution in [0.2, 0.25) is 0 Å². The van der Waals surface area contributed by atoms with Crippen LogP contribution in [0.15, 0.2) is 76.3 Å². The van der Waals surface area contributed by atoms with E-state index in [9.17, 15) is 9.18 Å². The quantitative estimate of drug-likeness (QED) is 0.374.